The molecule has 0 radical (unpaired) electrons. The molecule has 0 aliphatic rings. The molecule has 1 aromatic heterocycles. The molecular formula is C17H16ClN5O2. The van der Waals surface area contributed by atoms with Crippen molar-refractivity contribution in [2.24, 2.45) is 0 Å². The molecule has 1 heterocycles. The second kappa shape index (κ2) is 7.31. The molecule has 1 atom stereocenters. The van der Waals surface area contributed by atoms with E-state index in [4.69, 9.17) is 16.3 Å². The average Bonchev–Trinajstić information content (AvgIpc) is 3.12. The zero-order valence-electron chi connectivity index (χ0n) is 13.7. The van der Waals surface area contributed by atoms with Gasteiger partial charge in [-0.25, -0.2) is 4.68 Å². The van der Waals surface area contributed by atoms with Crippen molar-refractivity contribution < 1.29 is 9.53 Å². The summed E-state index contributed by atoms with van der Waals surface area (Å²) < 4.78 is 7.24. The highest BCUT2D eigenvalue weighted by Crippen LogP contribution is 2.23. The number of anilines is 1. The highest BCUT2D eigenvalue weighted by molar-refractivity contribution is 6.30. The predicted octanol–water partition coefficient (Wildman–Crippen LogP) is 3.03. The van der Waals surface area contributed by atoms with Crippen molar-refractivity contribution in [1.82, 2.24) is 20.2 Å². The van der Waals surface area contributed by atoms with Gasteiger partial charge in [0.25, 0.3) is 5.91 Å². The lowest BCUT2D eigenvalue weighted by Gasteiger charge is -2.16. The van der Waals surface area contributed by atoms with Crippen LogP contribution in [0.15, 0.2) is 48.8 Å². The Bertz CT molecular complexity index is 865. The molecule has 128 valence electrons. The van der Waals surface area contributed by atoms with Crippen molar-refractivity contribution in [2.75, 3.05) is 5.32 Å². The highest BCUT2D eigenvalue weighted by atomic mass is 35.5. The Morgan fingerprint density at radius 1 is 1.24 bits per heavy atom. The molecule has 1 unspecified atom stereocenters. The lowest BCUT2D eigenvalue weighted by molar-refractivity contribution is -0.122. The minimum atomic E-state index is -0.654. The molecule has 3 rings (SSSR count). The Morgan fingerprint density at radius 3 is 2.64 bits per heavy atom. The molecule has 7 nitrogen and oxygen atoms in total. The van der Waals surface area contributed by atoms with Crippen LogP contribution in [0.1, 0.15) is 12.5 Å². The second-order valence-electron chi connectivity index (χ2n) is 5.46. The van der Waals surface area contributed by atoms with Gasteiger partial charge in [-0.05, 0) is 72.3 Å². The first-order valence-corrected chi connectivity index (χ1v) is 7.98. The highest BCUT2D eigenvalue weighted by Gasteiger charge is 2.16. The van der Waals surface area contributed by atoms with Crippen LogP contribution >= 0.6 is 11.6 Å². The third kappa shape index (κ3) is 4.13. The van der Waals surface area contributed by atoms with Crippen LogP contribution in [-0.4, -0.2) is 32.2 Å². The monoisotopic (exact) mass is 357 g/mol. The van der Waals surface area contributed by atoms with Crippen LogP contribution in [0.3, 0.4) is 0 Å². The van der Waals surface area contributed by atoms with Crippen LogP contribution in [0.25, 0.3) is 5.69 Å². The number of benzene rings is 2. The third-order valence-electron chi connectivity index (χ3n) is 3.56. The van der Waals surface area contributed by atoms with Crippen molar-refractivity contribution in [3.05, 3.63) is 59.4 Å². The summed E-state index contributed by atoms with van der Waals surface area (Å²) in [5.74, 6) is 0.380. The van der Waals surface area contributed by atoms with E-state index < -0.39 is 6.10 Å². The van der Waals surface area contributed by atoms with Gasteiger partial charge in [-0.2, -0.15) is 0 Å². The topological polar surface area (TPSA) is 81.9 Å². The number of ether oxygens (including phenoxy) is 1. The number of hydrogen-bond donors (Lipinski definition) is 1. The van der Waals surface area contributed by atoms with Crippen LogP contribution in [-0.2, 0) is 4.79 Å². The summed E-state index contributed by atoms with van der Waals surface area (Å²) in [5, 5.41) is 14.4. The standard InChI is InChI=1S/C17H16ClN5O2/c1-11-9-13(18)3-8-16(11)25-12(2)17(24)20-14-4-6-15(7-5-14)23-10-19-21-22-23/h3-10,12H,1-2H3,(H,20,24). The molecule has 1 amide bonds. The zero-order valence-corrected chi connectivity index (χ0v) is 14.4. The number of rotatable bonds is 5. The molecule has 0 spiro atoms. The van der Waals surface area contributed by atoms with Crippen LogP contribution in [0, 0.1) is 6.92 Å². The Labute approximate surface area is 149 Å². The number of amides is 1. The van der Waals surface area contributed by atoms with Gasteiger partial charge in [0.15, 0.2) is 6.10 Å². The van der Waals surface area contributed by atoms with Gasteiger partial charge in [-0.15, -0.1) is 5.10 Å². The maximum Gasteiger partial charge on any atom is 0.265 e. The van der Waals surface area contributed by atoms with E-state index >= 15 is 0 Å². The van der Waals surface area contributed by atoms with Gasteiger partial charge in [0.05, 0.1) is 5.69 Å². The number of nitrogens with zero attached hydrogens (tertiary/aromatic N) is 4. The fourth-order valence-corrected chi connectivity index (χ4v) is 2.44. The summed E-state index contributed by atoms with van der Waals surface area (Å²) in [4.78, 5) is 12.3. The summed E-state index contributed by atoms with van der Waals surface area (Å²) >= 11 is 5.92. The molecule has 0 bridgehead atoms. The summed E-state index contributed by atoms with van der Waals surface area (Å²) in [6, 6.07) is 12.4. The minimum Gasteiger partial charge on any atom is -0.481 e. The number of halogens is 1. The largest absolute Gasteiger partial charge is 0.481 e. The summed E-state index contributed by atoms with van der Waals surface area (Å²) in [6.45, 7) is 3.57. The first kappa shape index (κ1) is 16.9. The first-order chi connectivity index (χ1) is 12.0. The predicted molar refractivity (Wildman–Crippen MR) is 94.1 cm³/mol. The molecule has 8 heteroatoms. The molecule has 1 N–H and O–H groups in total. The fraction of sp³-hybridized carbons (Fsp3) is 0.176. The maximum absolute atomic E-state index is 12.3. The van der Waals surface area contributed by atoms with Crippen molar-refractivity contribution in [3.63, 3.8) is 0 Å². The summed E-state index contributed by atoms with van der Waals surface area (Å²) in [7, 11) is 0. The number of aromatic nitrogens is 4. The maximum atomic E-state index is 12.3. The van der Waals surface area contributed by atoms with Gasteiger partial charge >= 0.3 is 0 Å². The molecule has 0 saturated carbocycles. The van der Waals surface area contributed by atoms with E-state index in [1.165, 1.54) is 11.0 Å². The summed E-state index contributed by atoms with van der Waals surface area (Å²) in [6.07, 6.45) is 0.844. The lowest BCUT2D eigenvalue weighted by Crippen LogP contribution is -2.30. The van der Waals surface area contributed by atoms with E-state index in [-0.39, 0.29) is 5.91 Å². The van der Waals surface area contributed by atoms with Crippen molar-refractivity contribution in [3.8, 4) is 11.4 Å². The van der Waals surface area contributed by atoms with E-state index in [1.807, 2.05) is 6.92 Å². The molecular weight excluding hydrogens is 342 g/mol. The number of aryl methyl sites for hydroxylation is 1. The first-order valence-electron chi connectivity index (χ1n) is 7.60. The Hall–Kier alpha value is -2.93. The summed E-state index contributed by atoms with van der Waals surface area (Å²) in [5.41, 5.74) is 2.33. The van der Waals surface area contributed by atoms with E-state index in [1.54, 1.807) is 49.4 Å². The normalized spacial score (nSPS) is 11.8. The smallest absolute Gasteiger partial charge is 0.265 e. The van der Waals surface area contributed by atoms with Crippen LogP contribution in [0.2, 0.25) is 5.02 Å². The van der Waals surface area contributed by atoms with Crippen molar-refractivity contribution >= 4 is 23.2 Å². The molecule has 0 fully saturated rings. The minimum absolute atomic E-state index is 0.246. The van der Waals surface area contributed by atoms with E-state index in [0.29, 0.717) is 16.5 Å². The number of hydrogen-bond acceptors (Lipinski definition) is 5. The van der Waals surface area contributed by atoms with Gasteiger partial charge < -0.3 is 10.1 Å². The molecule has 0 aliphatic heterocycles. The quantitative estimate of drug-likeness (QED) is 0.759. The van der Waals surface area contributed by atoms with Gasteiger partial charge in [-0.3, -0.25) is 4.79 Å². The van der Waals surface area contributed by atoms with Crippen LogP contribution in [0.4, 0.5) is 5.69 Å². The molecule has 0 saturated heterocycles. The number of tetrazole rings is 1. The van der Waals surface area contributed by atoms with Gasteiger partial charge in [0.1, 0.15) is 12.1 Å². The molecule has 3 aromatic rings. The Morgan fingerprint density at radius 2 is 2.00 bits per heavy atom. The fourth-order valence-electron chi connectivity index (χ4n) is 2.21. The van der Waals surface area contributed by atoms with Crippen molar-refractivity contribution in [2.45, 2.75) is 20.0 Å². The molecule has 0 aliphatic carbocycles. The number of carbonyl (C=O) groups is 1. The van der Waals surface area contributed by atoms with Gasteiger partial charge in [0.2, 0.25) is 0 Å². The van der Waals surface area contributed by atoms with E-state index in [9.17, 15) is 4.79 Å². The Balaban J connectivity index is 1.63. The average molecular weight is 358 g/mol. The van der Waals surface area contributed by atoms with Gasteiger partial charge in [0, 0.05) is 10.7 Å². The Kier molecular flexibility index (Phi) is 4.95. The van der Waals surface area contributed by atoms with Crippen molar-refractivity contribution in [1.29, 1.82) is 0 Å². The van der Waals surface area contributed by atoms with E-state index in [0.717, 1.165) is 11.3 Å². The van der Waals surface area contributed by atoms with Crippen LogP contribution < -0.4 is 10.1 Å². The third-order valence-corrected chi connectivity index (χ3v) is 3.79. The molecule has 25 heavy (non-hydrogen) atoms. The zero-order chi connectivity index (χ0) is 17.8. The van der Waals surface area contributed by atoms with Gasteiger partial charge in [-0.1, -0.05) is 11.6 Å². The van der Waals surface area contributed by atoms with E-state index in [2.05, 4.69) is 20.8 Å². The lowest BCUT2D eigenvalue weighted by atomic mass is 10.2. The number of nitrogens with one attached hydrogen (secondary N) is 1. The van der Waals surface area contributed by atoms with Crippen LogP contribution in [0.5, 0.6) is 5.75 Å². The molecule has 2 aromatic carbocycles. The second-order valence-corrected chi connectivity index (χ2v) is 5.90. The SMILES string of the molecule is Cc1cc(Cl)ccc1OC(C)C(=O)Nc1ccc(-n2cnnn2)cc1. The number of carbonyl (C=O) groups excluding carboxylic acids is 1.